The highest BCUT2D eigenvalue weighted by molar-refractivity contribution is 6.31. The first-order chi connectivity index (χ1) is 14.9. The number of anilines is 1. The van der Waals surface area contributed by atoms with E-state index in [9.17, 15) is 4.79 Å². The zero-order chi connectivity index (χ0) is 22.4. The molecule has 1 amide bonds. The van der Waals surface area contributed by atoms with Crippen molar-refractivity contribution >= 4 is 29.2 Å². The fourth-order valence-electron chi connectivity index (χ4n) is 3.46. The maximum absolute atomic E-state index is 12.7. The molecule has 0 spiro atoms. The van der Waals surface area contributed by atoms with E-state index in [1.165, 1.54) is 5.56 Å². The maximum Gasteiger partial charge on any atom is 0.258 e. The molecule has 2 aromatic carbocycles. The van der Waals surface area contributed by atoms with Crippen LogP contribution >= 0.6 is 11.6 Å². The normalized spacial score (nSPS) is 11.5. The summed E-state index contributed by atoms with van der Waals surface area (Å²) in [6.45, 7) is 9.55. The number of nitrogens with one attached hydrogen (secondary N) is 2. The van der Waals surface area contributed by atoms with Crippen LogP contribution < -0.4 is 10.6 Å². The molecule has 3 rings (SSSR count). The summed E-state index contributed by atoms with van der Waals surface area (Å²) in [7, 11) is 0. The number of rotatable bonds is 6. The van der Waals surface area contributed by atoms with Crippen LogP contribution in [0.15, 0.2) is 53.5 Å². The van der Waals surface area contributed by atoms with Gasteiger partial charge in [-0.05, 0) is 75.6 Å². The van der Waals surface area contributed by atoms with Crippen LogP contribution in [0.1, 0.15) is 39.8 Å². The number of amides is 1. The van der Waals surface area contributed by atoms with E-state index in [-0.39, 0.29) is 5.91 Å². The fourth-order valence-corrected chi connectivity index (χ4v) is 3.65. The lowest BCUT2D eigenvalue weighted by molar-refractivity contribution is 0.0977. The van der Waals surface area contributed by atoms with Gasteiger partial charge in [-0.3, -0.25) is 19.8 Å². The Balaban J connectivity index is 1.79. The van der Waals surface area contributed by atoms with E-state index in [2.05, 4.69) is 34.6 Å². The Morgan fingerprint density at radius 2 is 1.90 bits per heavy atom. The fraction of sp³-hybridized carbons (Fsp3) is 0.292. The number of guanidine groups is 1. The van der Waals surface area contributed by atoms with Gasteiger partial charge in [0.25, 0.3) is 5.91 Å². The second kappa shape index (κ2) is 10.3. The molecule has 0 atom stereocenters. The molecule has 0 saturated carbocycles. The Morgan fingerprint density at radius 3 is 2.58 bits per heavy atom. The van der Waals surface area contributed by atoms with Crippen LogP contribution in [-0.2, 0) is 13.0 Å². The molecule has 0 aliphatic heterocycles. The number of aromatic nitrogens is 2. The highest BCUT2D eigenvalue weighted by atomic mass is 35.5. The van der Waals surface area contributed by atoms with Crippen molar-refractivity contribution < 1.29 is 4.79 Å². The molecule has 0 radical (unpaired) electrons. The Morgan fingerprint density at radius 1 is 1.13 bits per heavy atom. The minimum absolute atomic E-state index is 0.271. The number of nitrogens with zero attached hydrogens (tertiary/aromatic N) is 3. The van der Waals surface area contributed by atoms with Crippen molar-refractivity contribution in [1.82, 2.24) is 15.1 Å². The van der Waals surface area contributed by atoms with Crippen molar-refractivity contribution in [3.8, 4) is 0 Å². The summed E-state index contributed by atoms with van der Waals surface area (Å²) in [6, 6.07) is 14.8. The van der Waals surface area contributed by atoms with Gasteiger partial charge in [0, 0.05) is 35.1 Å². The van der Waals surface area contributed by atoms with E-state index in [0.29, 0.717) is 23.1 Å². The van der Waals surface area contributed by atoms with Gasteiger partial charge in [-0.15, -0.1) is 0 Å². The topological polar surface area (TPSA) is 71.3 Å². The molecule has 0 unspecified atom stereocenters. The average molecular weight is 438 g/mol. The number of hydrogen-bond donors (Lipinski definition) is 2. The molecule has 3 aromatic rings. The standard InChI is InChI=1S/C24H28ClN5O/c1-5-30-18(4)22(17(3)29-30)12-13-26-24(27-21-11-6-8-16(2)14-21)28-23(31)19-9-7-10-20(25)15-19/h6-11,14-15H,5,12-13H2,1-4H3,(H2,26,27,28,31). The minimum atomic E-state index is -0.271. The first kappa shape index (κ1) is 22.6. The second-order valence-electron chi connectivity index (χ2n) is 7.40. The van der Waals surface area contributed by atoms with Crippen LogP contribution in [0.25, 0.3) is 0 Å². The van der Waals surface area contributed by atoms with Crippen molar-refractivity contribution in [1.29, 1.82) is 0 Å². The number of carbonyl (C=O) groups is 1. The molecule has 2 N–H and O–H groups in total. The zero-order valence-corrected chi connectivity index (χ0v) is 19.1. The lowest BCUT2D eigenvalue weighted by Gasteiger charge is -2.13. The first-order valence-electron chi connectivity index (χ1n) is 10.3. The molecule has 0 aliphatic rings. The van der Waals surface area contributed by atoms with Crippen LogP contribution in [0.5, 0.6) is 0 Å². The second-order valence-corrected chi connectivity index (χ2v) is 7.84. The number of halogens is 1. The van der Waals surface area contributed by atoms with E-state index < -0.39 is 0 Å². The van der Waals surface area contributed by atoms with Crippen molar-refractivity contribution in [2.24, 2.45) is 4.99 Å². The summed E-state index contributed by atoms with van der Waals surface area (Å²) in [6.07, 6.45) is 0.740. The molecular formula is C24H28ClN5O. The van der Waals surface area contributed by atoms with Gasteiger partial charge in [-0.25, -0.2) is 0 Å². The van der Waals surface area contributed by atoms with Gasteiger partial charge in [0.05, 0.1) is 5.69 Å². The predicted octanol–water partition coefficient (Wildman–Crippen LogP) is 4.92. The molecular weight excluding hydrogens is 410 g/mol. The Hall–Kier alpha value is -3.12. The van der Waals surface area contributed by atoms with Crippen LogP contribution in [0.2, 0.25) is 5.02 Å². The lowest BCUT2D eigenvalue weighted by Crippen LogP contribution is -2.36. The molecule has 31 heavy (non-hydrogen) atoms. The molecule has 0 saturated heterocycles. The van der Waals surface area contributed by atoms with Crippen LogP contribution in [0.3, 0.4) is 0 Å². The summed E-state index contributed by atoms with van der Waals surface area (Å²) in [5.41, 5.74) is 5.82. The van der Waals surface area contributed by atoms with Gasteiger partial charge in [-0.2, -0.15) is 5.10 Å². The summed E-state index contributed by atoms with van der Waals surface area (Å²) in [5.74, 6) is 0.126. The van der Waals surface area contributed by atoms with E-state index in [1.54, 1.807) is 24.3 Å². The third-order valence-electron chi connectivity index (χ3n) is 5.06. The van der Waals surface area contributed by atoms with Gasteiger partial charge >= 0.3 is 0 Å². The lowest BCUT2D eigenvalue weighted by atomic mass is 10.1. The van der Waals surface area contributed by atoms with Crippen LogP contribution in [-0.4, -0.2) is 28.2 Å². The number of carbonyl (C=O) groups excluding carboxylic acids is 1. The predicted molar refractivity (Wildman–Crippen MR) is 127 cm³/mol. The van der Waals surface area contributed by atoms with Crippen LogP contribution in [0, 0.1) is 20.8 Å². The molecule has 6 nitrogen and oxygen atoms in total. The summed E-state index contributed by atoms with van der Waals surface area (Å²) in [5, 5.41) is 11.2. The van der Waals surface area contributed by atoms with Crippen molar-refractivity contribution in [3.63, 3.8) is 0 Å². The van der Waals surface area contributed by atoms with Crippen molar-refractivity contribution in [3.05, 3.63) is 81.6 Å². The third-order valence-corrected chi connectivity index (χ3v) is 5.30. The van der Waals surface area contributed by atoms with Crippen LogP contribution in [0.4, 0.5) is 5.69 Å². The van der Waals surface area contributed by atoms with Crippen molar-refractivity contribution in [2.45, 2.75) is 40.7 Å². The highest BCUT2D eigenvalue weighted by Gasteiger charge is 2.12. The van der Waals surface area contributed by atoms with Gasteiger partial charge in [0.2, 0.25) is 5.96 Å². The number of benzene rings is 2. The third kappa shape index (κ3) is 5.95. The molecule has 1 aromatic heterocycles. The van der Waals surface area contributed by atoms with E-state index in [0.717, 1.165) is 35.6 Å². The molecule has 1 heterocycles. The quantitative estimate of drug-likeness (QED) is 0.424. The SMILES string of the molecule is CCn1nc(C)c(CCN=C(NC(=O)c2cccc(Cl)c2)Nc2cccc(C)c2)c1C. The number of aryl methyl sites for hydroxylation is 3. The van der Waals surface area contributed by atoms with Gasteiger partial charge in [0.15, 0.2) is 0 Å². The number of aliphatic imine (C=N–C) groups is 1. The smallest absolute Gasteiger partial charge is 0.258 e. The number of hydrogen-bond acceptors (Lipinski definition) is 3. The summed E-state index contributed by atoms with van der Waals surface area (Å²) >= 11 is 6.03. The largest absolute Gasteiger partial charge is 0.326 e. The molecule has 162 valence electrons. The highest BCUT2D eigenvalue weighted by Crippen LogP contribution is 2.15. The Bertz CT molecular complexity index is 1100. The summed E-state index contributed by atoms with van der Waals surface area (Å²) in [4.78, 5) is 17.4. The minimum Gasteiger partial charge on any atom is -0.326 e. The maximum atomic E-state index is 12.7. The average Bonchev–Trinajstić information content (AvgIpc) is 3.01. The molecule has 0 bridgehead atoms. The van der Waals surface area contributed by atoms with E-state index in [1.807, 2.05) is 42.8 Å². The Kier molecular flexibility index (Phi) is 7.47. The van der Waals surface area contributed by atoms with E-state index in [4.69, 9.17) is 11.6 Å². The zero-order valence-electron chi connectivity index (χ0n) is 18.4. The van der Waals surface area contributed by atoms with Crippen molar-refractivity contribution in [2.75, 3.05) is 11.9 Å². The van der Waals surface area contributed by atoms with Gasteiger partial charge in [-0.1, -0.05) is 29.8 Å². The van der Waals surface area contributed by atoms with E-state index >= 15 is 0 Å². The molecule has 7 heteroatoms. The molecule has 0 aliphatic carbocycles. The summed E-state index contributed by atoms with van der Waals surface area (Å²) < 4.78 is 2.00. The molecule has 0 fully saturated rings. The van der Waals surface area contributed by atoms with Gasteiger partial charge < -0.3 is 5.32 Å². The monoisotopic (exact) mass is 437 g/mol. The van der Waals surface area contributed by atoms with Gasteiger partial charge in [0.1, 0.15) is 0 Å². The first-order valence-corrected chi connectivity index (χ1v) is 10.7. The Labute approximate surface area is 188 Å².